The lowest BCUT2D eigenvalue weighted by molar-refractivity contribution is -0.154. The lowest BCUT2D eigenvalue weighted by Gasteiger charge is -2.28. The van der Waals surface area contributed by atoms with E-state index in [4.69, 9.17) is 9.47 Å². The molecule has 3 unspecified atom stereocenters. The summed E-state index contributed by atoms with van der Waals surface area (Å²) in [4.78, 5) is 24.5. The zero-order valence-corrected chi connectivity index (χ0v) is 14.4. The van der Waals surface area contributed by atoms with Gasteiger partial charge in [0, 0.05) is 12.3 Å². The topological polar surface area (TPSA) is 55.9 Å². The van der Waals surface area contributed by atoms with Crippen molar-refractivity contribution in [1.29, 1.82) is 0 Å². The van der Waals surface area contributed by atoms with Gasteiger partial charge in [0.25, 0.3) is 0 Å². The van der Waals surface area contributed by atoms with Crippen LogP contribution in [0.4, 0.5) is 0 Å². The van der Waals surface area contributed by atoms with Crippen molar-refractivity contribution in [3.05, 3.63) is 0 Å². The Hall–Kier alpha value is -0.900. The summed E-state index contributed by atoms with van der Waals surface area (Å²) < 4.78 is 10.5. The lowest BCUT2D eigenvalue weighted by Crippen LogP contribution is -2.34. The Morgan fingerprint density at radius 1 is 1.14 bits per heavy atom. The van der Waals surface area contributed by atoms with E-state index in [9.17, 15) is 9.59 Å². The number of hydrogen-bond donors (Lipinski definition) is 0. The van der Waals surface area contributed by atoms with Crippen molar-refractivity contribution in [3.8, 4) is 0 Å². The van der Waals surface area contributed by atoms with Crippen LogP contribution in [-0.4, -0.2) is 31.1 Å². The number of ketones is 1. The largest absolute Gasteiger partial charge is 0.465 e. The molecular weight excluding hydrogens is 280 g/mol. The van der Waals surface area contributed by atoms with E-state index in [1.54, 1.807) is 0 Å². The smallest absolute Gasteiger partial charge is 0.309 e. The van der Waals surface area contributed by atoms with Crippen LogP contribution in [0.2, 0.25) is 0 Å². The average molecular weight is 312 g/mol. The number of esters is 1. The highest BCUT2D eigenvalue weighted by molar-refractivity contribution is 5.87. The highest BCUT2D eigenvalue weighted by atomic mass is 16.6. The molecule has 3 atom stereocenters. The van der Waals surface area contributed by atoms with E-state index >= 15 is 0 Å². The first-order chi connectivity index (χ1) is 10.7. The molecule has 0 aromatic carbocycles. The molecule has 1 heterocycles. The minimum atomic E-state index is -0.201. The molecule has 4 nitrogen and oxygen atoms in total. The number of epoxide rings is 1. The van der Waals surface area contributed by atoms with E-state index in [1.165, 1.54) is 0 Å². The van der Waals surface area contributed by atoms with Gasteiger partial charge >= 0.3 is 5.97 Å². The Labute approximate surface area is 134 Å². The van der Waals surface area contributed by atoms with E-state index in [0.717, 1.165) is 51.6 Å². The van der Waals surface area contributed by atoms with Crippen LogP contribution in [0.25, 0.3) is 0 Å². The molecule has 4 heteroatoms. The molecular formula is C18H32O4. The summed E-state index contributed by atoms with van der Waals surface area (Å²) >= 11 is 0. The first kappa shape index (κ1) is 19.1. The fraction of sp³-hybridized carbons (Fsp3) is 0.889. The van der Waals surface area contributed by atoms with E-state index in [0.29, 0.717) is 13.0 Å². The van der Waals surface area contributed by atoms with Gasteiger partial charge in [0.2, 0.25) is 0 Å². The summed E-state index contributed by atoms with van der Waals surface area (Å²) in [7, 11) is 0. The summed E-state index contributed by atoms with van der Waals surface area (Å²) in [5.74, 6) is -0.235. The molecule has 0 radical (unpaired) electrons. The predicted molar refractivity (Wildman–Crippen MR) is 86.6 cm³/mol. The van der Waals surface area contributed by atoms with Crippen molar-refractivity contribution in [3.63, 3.8) is 0 Å². The maximum atomic E-state index is 12.3. The summed E-state index contributed by atoms with van der Waals surface area (Å²) in [5, 5.41) is 0. The van der Waals surface area contributed by atoms with E-state index in [2.05, 4.69) is 6.92 Å². The molecule has 1 saturated carbocycles. The quantitative estimate of drug-likeness (QED) is 0.387. The van der Waals surface area contributed by atoms with Crippen molar-refractivity contribution < 1.29 is 19.1 Å². The first-order valence-electron chi connectivity index (χ1n) is 9.03. The normalized spacial score (nSPS) is 26.6. The molecule has 2 fully saturated rings. The summed E-state index contributed by atoms with van der Waals surface area (Å²) in [6, 6.07) is 0. The van der Waals surface area contributed by atoms with E-state index < -0.39 is 0 Å². The highest BCUT2D eigenvalue weighted by Gasteiger charge is 2.37. The molecule has 22 heavy (non-hydrogen) atoms. The van der Waals surface area contributed by atoms with Crippen LogP contribution >= 0.6 is 0 Å². The van der Waals surface area contributed by atoms with Gasteiger partial charge in [-0.1, -0.05) is 40.0 Å². The number of hydrogen-bond acceptors (Lipinski definition) is 4. The summed E-state index contributed by atoms with van der Waals surface area (Å²) in [6.45, 7) is 7.35. The lowest BCUT2D eigenvalue weighted by atomic mass is 9.76. The van der Waals surface area contributed by atoms with Gasteiger partial charge in [0.15, 0.2) is 0 Å². The first-order valence-corrected chi connectivity index (χ1v) is 9.03. The molecule has 1 saturated heterocycles. The van der Waals surface area contributed by atoms with Crippen LogP contribution in [0.1, 0.15) is 72.1 Å². The van der Waals surface area contributed by atoms with Gasteiger partial charge in [-0.2, -0.15) is 0 Å². The van der Waals surface area contributed by atoms with Crippen LogP contribution < -0.4 is 0 Å². The van der Waals surface area contributed by atoms with Gasteiger partial charge in [0.05, 0.1) is 25.2 Å². The Balaban J connectivity index is 0.00000116. The van der Waals surface area contributed by atoms with E-state index in [1.807, 2.05) is 13.8 Å². The van der Waals surface area contributed by atoms with Gasteiger partial charge in [-0.25, -0.2) is 0 Å². The van der Waals surface area contributed by atoms with Gasteiger partial charge in [-0.05, 0) is 25.7 Å². The number of ether oxygens (including phenoxy) is 2. The Morgan fingerprint density at radius 3 is 2.36 bits per heavy atom. The van der Waals surface area contributed by atoms with Crippen LogP contribution in [0.3, 0.4) is 0 Å². The standard InChI is InChI=1S/C16H26O4.C2H6/c1-2-3-10-19-16(18)14-7-5-4-6-13(14)15(17)9-8-12-11-20-12;1-2/h12-14H,2-11H2,1H3;1-2H3. The second-order valence-electron chi connectivity index (χ2n) is 5.98. The predicted octanol–water partition coefficient (Wildman–Crippen LogP) is 3.91. The van der Waals surface area contributed by atoms with Crippen molar-refractivity contribution in [2.75, 3.05) is 13.2 Å². The minimum Gasteiger partial charge on any atom is -0.465 e. The molecule has 0 spiro atoms. The Morgan fingerprint density at radius 2 is 1.77 bits per heavy atom. The van der Waals surface area contributed by atoms with Crippen molar-refractivity contribution in [2.45, 2.75) is 78.2 Å². The highest BCUT2D eigenvalue weighted by Crippen LogP contribution is 2.33. The molecule has 1 aliphatic heterocycles. The van der Waals surface area contributed by atoms with Gasteiger partial charge in [-0.3, -0.25) is 9.59 Å². The fourth-order valence-corrected chi connectivity index (χ4v) is 2.95. The minimum absolute atomic E-state index is 0.114. The van der Waals surface area contributed by atoms with Crippen LogP contribution in [0, 0.1) is 11.8 Å². The molecule has 0 amide bonds. The zero-order valence-electron chi connectivity index (χ0n) is 14.4. The number of rotatable bonds is 8. The SMILES string of the molecule is CC.CCCCOC(=O)C1CCCCC1C(=O)CCC1CO1. The molecule has 0 aromatic heterocycles. The van der Waals surface area contributed by atoms with Crippen LogP contribution in [-0.2, 0) is 19.1 Å². The van der Waals surface area contributed by atoms with Crippen LogP contribution in [0.5, 0.6) is 0 Å². The van der Waals surface area contributed by atoms with Crippen molar-refractivity contribution in [2.24, 2.45) is 11.8 Å². The molecule has 0 bridgehead atoms. The second kappa shape index (κ2) is 10.8. The number of carbonyl (C=O) groups excluding carboxylic acids is 2. The van der Waals surface area contributed by atoms with Gasteiger partial charge in [-0.15, -0.1) is 0 Å². The van der Waals surface area contributed by atoms with Crippen molar-refractivity contribution >= 4 is 11.8 Å². The molecule has 2 aliphatic rings. The Kier molecular flexibility index (Phi) is 9.37. The van der Waals surface area contributed by atoms with Gasteiger partial charge < -0.3 is 9.47 Å². The number of unbranched alkanes of at least 4 members (excludes halogenated alkanes) is 1. The summed E-state index contributed by atoms with van der Waals surface area (Å²) in [6.07, 6.45) is 7.30. The van der Waals surface area contributed by atoms with Crippen LogP contribution in [0.15, 0.2) is 0 Å². The maximum Gasteiger partial charge on any atom is 0.309 e. The third-order valence-electron chi connectivity index (χ3n) is 4.34. The number of carbonyl (C=O) groups is 2. The third kappa shape index (κ3) is 6.47. The molecule has 0 N–H and O–H groups in total. The monoisotopic (exact) mass is 312 g/mol. The Bertz CT molecular complexity index is 336. The second-order valence-corrected chi connectivity index (χ2v) is 5.98. The number of Topliss-reactive ketones (excluding diaryl/α,β-unsaturated/α-hetero) is 1. The van der Waals surface area contributed by atoms with Gasteiger partial charge in [0.1, 0.15) is 5.78 Å². The molecule has 0 aromatic rings. The average Bonchev–Trinajstić information content (AvgIpc) is 3.39. The fourth-order valence-electron chi connectivity index (χ4n) is 2.95. The molecule has 1 aliphatic carbocycles. The molecule has 128 valence electrons. The zero-order chi connectivity index (χ0) is 16.4. The maximum absolute atomic E-state index is 12.3. The van der Waals surface area contributed by atoms with Crippen molar-refractivity contribution in [1.82, 2.24) is 0 Å². The summed E-state index contributed by atoms with van der Waals surface area (Å²) in [5.41, 5.74) is 0. The third-order valence-corrected chi connectivity index (χ3v) is 4.34. The molecule has 2 rings (SSSR count). The van der Waals surface area contributed by atoms with E-state index in [-0.39, 0.29) is 29.7 Å².